The van der Waals surface area contributed by atoms with Gasteiger partial charge in [-0.05, 0) is 36.4 Å². The first-order valence-electron chi connectivity index (χ1n) is 8.98. The normalized spacial score (nSPS) is 11.1. The van der Waals surface area contributed by atoms with Crippen molar-refractivity contribution in [2.24, 2.45) is 0 Å². The molecule has 0 saturated carbocycles. The molecule has 2 amide bonds. The third-order valence-corrected chi connectivity index (χ3v) is 5.22. The van der Waals surface area contributed by atoms with Gasteiger partial charge in [0.05, 0.1) is 11.5 Å². The van der Waals surface area contributed by atoms with E-state index in [-0.39, 0.29) is 26.2 Å². The Morgan fingerprint density at radius 2 is 1.68 bits per heavy atom. The van der Waals surface area contributed by atoms with Crippen molar-refractivity contribution >= 4 is 33.4 Å². The van der Waals surface area contributed by atoms with Crippen LogP contribution in [0.25, 0.3) is 0 Å². The number of benzene rings is 2. The molecule has 9 nitrogen and oxygen atoms in total. The summed E-state index contributed by atoms with van der Waals surface area (Å²) in [6.45, 7) is 0.0690. The van der Waals surface area contributed by atoms with E-state index in [2.05, 4.69) is 15.4 Å². The molecular formula is C19H21F2N3O6S. The number of hydrogen-bond donors (Lipinski definition) is 3. The van der Waals surface area contributed by atoms with Crippen LogP contribution in [-0.4, -0.2) is 47.3 Å². The lowest BCUT2D eigenvalue weighted by Gasteiger charge is -2.10. The molecule has 0 aliphatic heterocycles. The van der Waals surface area contributed by atoms with E-state index in [4.69, 9.17) is 9.47 Å². The Bertz CT molecular complexity index is 1030. The van der Waals surface area contributed by atoms with Gasteiger partial charge in [-0.2, -0.15) is 0 Å². The molecule has 31 heavy (non-hydrogen) atoms. The second-order valence-electron chi connectivity index (χ2n) is 6.11. The second-order valence-corrected chi connectivity index (χ2v) is 7.87. The van der Waals surface area contributed by atoms with Gasteiger partial charge in [-0.3, -0.25) is 10.1 Å². The second kappa shape index (κ2) is 11.3. The van der Waals surface area contributed by atoms with Gasteiger partial charge in [-0.15, -0.1) is 0 Å². The molecule has 0 aliphatic carbocycles. The predicted molar refractivity (Wildman–Crippen MR) is 108 cm³/mol. The molecule has 168 valence electrons. The topological polar surface area (TPSA) is 123 Å². The van der Waals surface area contributed by atoms with Gasteiger partial charge in [0.1, 0.15) is 6.61 Å². The summed E-state index contributed by atoms with van der Waals surface area (Å²) in [5.41, 5.74) is 0.738. The maximum Gasteiger partial charge on any atom is 0.411 e. The van der Waals surface area contributed by atoms with Crippen LogP contribution in [0.3, 0.4) is 0 Å². The Hall–Kier alpha value is -3.09. The minimum absolute atomic E-state index is 0.0826. The molecule has 0 spiro atoms. The van der Waals surface area contributed by atoms with Crippen LogP contribution in [-0.2, 0) is 24.3 Å². The summed E-state index contributed by atoms with van der Waals surface area (Å²) in [5.74, 6) is -2.97. The number of carbonyl (C=O) groups is 2. The van der Waals surface area contributed by atoms with Gasteiger partial charge in [-0.25, -0.2) is 26.7 Å². The molecule has 3 N–H and O–H groups in total. The minimum atomic E-state index is -4.10. The van der Waals surface area contributed by atoms with Crippen molar-refractivity contribution in [1.29, 1.82) is 0 Å². The monoisotopic (exact) mass is 457 g/mol. The van der Waals surface area contributed by atoms with Crippen LogP contribution in [0.1, 0.15) is 6.42 Å². The number of ether oxygens (including phenoxy) is 2. The number of rotatable bonds is 10. The SMILES string of the molecule is COCCOC(=O)Nc1cccc(NC(=O)CCNS(=O)(=O)c2ccc(F)c(F)c2)c1. The van der Waals surface area contributed by atoms with Crippen molar-refractivity contribution in [2.75, 3.05) is 37.5 Å². The molecule has 0 heterocycles. The maximum absolute atomic E-state index is 13.2. The fourth-order valence-electron chi connectivity index (χ4n) is 2.30. The van der Waals surface area contributed by atoms with Gasteiger partial charge in [0.2, 0.25) is 15.9 Å². The summed E-state index contributed by atoms with van der Waals surface area (Å²) in [5, 5.41) is 5.04. The summed E-state index contributed by atoms with van der Waals surface area (Å²) >= 11 is 0. The Kier molecular flexibility index (Phi) is 8.85. The van der Waals surface area contributed by atoms with Crippen LogP contribution in [0.4, 0.5) is 25.0 Å². The number of sulfonamides is 1. The molecule has 12 heteroatoms. The average molecular weight is 457 g/mol. The van der Waals surface area contributed by atoms with Crippen LogP contribution in [0.15, 0.2) is 47.4 Å². The first-order valence-corrected chi connectivity index (χ1v) is 10.5. The van der Waals surface area contributed by atoms with Crippen LogP contribution < -0.4 is 15.4 Å². The van der Waals surface area contributed by atoms with E-state index < -0.39 is 38.6 Å². The molecule has 0 aliphatic rings. The zero-order valence-electron chi connectivity index (χ0n) is 16.5. The maximum atomic E-state index is 13.2. The number of anilines is 2. The summed E-state index contributed by atoms with van der Waals surface area (Å²) in [7, 11) is -2.63. The Labute approximate surface area is 177 Å². The van der Waals surface area contributed by atoms with Gasteiger partial charge in [0.15, 0.2) is 11.6 Å². The molecule has 0 unspecified atom stereocenters. The van der Waals surface area contributed by atoms with E-state index in [9.17, 15) is 26.8 Å². The fraction of sp³-hybridized carbons (Fsp3) is 0.263. The number of hydrogen-bond acceptors (Lipinski definition) is 6. The van der Waals surface area contributed by atoms with E-state index in [0.29, 0.717) is 23.5 Å². The van der Waals surface area contributed by atoms with E-state index in [1.165, 1.54) is 13.2 Å². The number of methoxy groups -OCH3 is 1. The van der Waals surface area contributed by atoms with Crippen LogP contribution in [0.5, 0.6) is 0 Å². The van der Waals surface area contributed by atoms with Crippen LogP contribution in [0.2, 0.25) is 0 Å². The lowest BCUT2D eigenvalue weighted by Crippen LogP contribution is -2.28. The lowest BCUT2D eigenvalue weighted by atomic mass is 10.2. The summed E-state index contributed by atoms with van der Waals surface area (Å²) in [4.78, 5) is 23.2. The summed E-state index contributed by atoms with van der Waals surface area (Å²) < 4.78 is 62.1. The highest BCUT2D eigenvalue weighted by molar-refractivity contribution is 7.89. The first kappa shape index (κ1) is 24.2. The first-order chi connectivity index (χ1) is 14.7. The third-order valence-electron chi connectivity index (χ3n) is 3.76. The Morgan fingerprint density at radius 1 is 0.968 bits per heavy atom. The quantitative estimate of drug-likeness (QED) is 0.471. The smallest absolute Gasteiger partial charge is 0.411 e. The van der Waals surface area contributed by atoms with E-state index in [1.807, 2.05) is 0 Å². The molecule has 0 bridgehead atoms. The fourth-order valence-corrected chi connectivity index (χ4v) is 3.34. The van der Waals surface area contributed by atoms with Crippen molar-refractivity contribution in [2.45, 2.75) is 11.3 Å². The average Bonchev–Trinajstić information content (AvgIpc) is 2.70. The molecular weight excluding hydrogens is 436 g/mol. The molecule has 0 saturated heterocycles. The summed E-state index contributed by atoms with van der Waals surface area (Å²) in [6.07, 6.45) is -0.910. The Morgan fingerprint density at radius 3 is 2.35 bits per heavy atom. The zero-order chi connectivity index (χ0) is 22.9. The number of carbonyl (C=O) groups excluding carboxylic acids is 2. The highest BCUT2D eigenvalue weighted by Crippen LogP contribution is 2.16. The van der Waals surface area contributed by atoms with Crippen molar-refractivity contribution in [3.63, 3.8) is 0 Å². The number of amides is 2. The van der Waals surface area contributed by atoms with Crippen molar-refractivity contribution < 1.29 is 36.3 Å². The van der Waals surface area contributed by atoms with E-state index in [0.717, 1.165) is 6.07 Å². The van der Waals surface area contributed by atoms with Crippen molar-refractivity contribution in [3.8, 4) is 0 Å². The van der Waals surface area contributed by atoms with Gasteiger partial charge in [0.25, 0.3) is 0 Å². The molecule has 0 fully saturated rings. The largest absolute Gasteiger partial charge is 0.447 e. The standard InChI is InChI=1S/C19H21F2N3O6S/c1-29-9-10-30-19(26)24-14-4-2-3-13(11-14)23-18(25)7-8-22-31(27,28)15-5-6-16(20)17(21)12-15/h2-6,11-12,22H,7-10H2,1H3,(H,23,25)(H,24,26). The van der Waals surface area contributed by atoms with Gasteiger partial charge in [-0.1, -0.05) is 6.07 Å². The van der Waals surface area contributed by atoms with Gasteiger partial charge in [0, 0.05) is 31.5 Å². The van der Waals surface area contributed by atoms with Gasteiger partial charge < -0.3 is 14.8 Å². The molecule has 0 aromatic heterocycles. The number of halogens is 2. The predicted octanol–water partition coefficient (Wildman–Crippen LogP) is 2.47. The van der Waals surface area contributed by atoms with E-state index >= 15 is 0 Å². The van der Waals surface area contributed by atoms with E-state index in [1.54, 1.807) is 18.2 Å². The molecule has 2 rings (SSSR count). The lowest BCUT2D eigenvalue weighted by molar-refractivity contribution is -0.116. The third kappa shape index (κ3) is 7.92. The minimum Gasteiger partial charge on any atom is -0.447 e. The highest BCUT2D eigenvalue weighted by atomic mass is 32.2. The van der Waals surface area contributed by atoms with Crippen molar-refractivity contribution in [3.05, 3.63) is 54.1 Å². The molecule has 0 atom stereocenters. The van der Waals surface area contributed by atoms with Crippen LogP contribution >= 0.6 is 0 Å². The highest BCUT2D eigenvalue weighted by Gasteiger charge is 2.16. The zero-order valence-corrected chi connectivity index (χ0v) is 17.3. The molecule has 2 aromatic carbocycles. The van der Waals surface area contributed by atoms with Crippen molar-refractivity contribution in [1.82, 2.24) is 4.72 Å². The molecule has 2 aromatic rings. The summed E-state index contributed by atoms with van der Waals surface area (Å²) in [6, 6.07) is 8.40. The number of nitrogens with one attached hydrogen (secondary N) is 3. The Balaban J connectivity index is 1.84. The van der Waals surface area contributed by atoms with Gasteiger partial charge >= 0.3 is 6.09 Å². The molecule has 0 radical (unpaired) electrons. The van der Waals surface area contributed by atoms with Crippen LogP contribution in [0, 0.1) is 11.6 Å².